The molecule has 0 amide bonds. The second-order valence-electron chi connectivity index (χ2n) is 3.78. The molecule has 1 saturated carbocycles. The zero-order valence-electron chi connectivity index (χ0n) is 7.28. The second-order valence-corrected chi connectivity index (χ2v) is 4.34. The van der Waals surface area contributed by atoms with Crippen molar-refractivity contribution in [3.8, 4) is 0 Å². The Kier molecular flexibility index (Phi) is 3.17. The highest BCUT2D eigenvalue weighted by atomic mass is 79.9. The van der Waals surface area contributed by atoms with Gasteiger partial charge in [-0.15, -0.1) is 6.58 Å². The number of alkyl halides is 1. The molecule has 2 unspecified atom stereocenters. The van der Waals surface area contributed by atoms with E-state index in [2.05, 4.69) is 29.4 Å². The molecule has 0 saturated heterocycles. The monoisotopic (exact) mass is 216 g/mol. The van der Waals surface area contributed by atoms with Gasteiger partial charge in [0.15, 0.2) is 0 Å². The van der Waals surface area contributed by atoms with Crippen molar-refractivity contribution in [1.82, 2.24) is 0 Å². The molecule has 11 heavy (non-hydrogen) atoms. The zero-order chi connectivity index (χ0) is 8.32. The van der Waals surface area contributed by atoms with Crippen LogP contribution in [-0.4, -0.2) is 5.33 Å². The smallest absolute Gasteiger partial charge is 0.00906 e. The molecular weight excluding hydrogens is 200 g/mol. The molecule has 64 valence electrons. The van der Waals surface area contributed by atoms with E-state index in [1.165, 1.54) is 31.0 Å². The lowest BCUT2D eigenvalue weighted by molar-refractivity contribution is 0.470. The van der Waals surface area contributed by atoms with E-state index in [0.717, 1.165) is 5.92 Å². The standard InChI is InChI=1S/C10H17Br/c1-3-4-5-6-10(8-11)7-9(10)2/h3,9H,1,4-8H2,2H3. The van der Waals surface area contributed by atoms with Crippen LogP contribution in [0.5, 0.6) is 0 Å². The van der Waals surface area contributed by atoms with E-state index in [-0.39, 0.29) is 0 Å². The van der Waals surface area contributed by atoms with Gasteiger partial charge in [0.25, 0.3) is 0 Å². The van der Waals surface area contributed by atoms with Crippen molar-refractivity contribution in [3.63, 3.8) is 0 Å². The van der Waals surface area contributed by atoms with Gasteiger partial charge in [-0.05, 0) is 37.0 Å². The van der Waals surface area contributed by atoms with Gasteiger partial charge in [0.05, 0.1) is 0 Å². The van der Waals surface area contributed by atoms with Crippen molar-refractivity contribution in [2.24, 2.45) is 11.3 Å². The first-order valence-electron chi connectivity index (χ1n) is 4.42. The van der Waals surface area contributed by atoms with E-state index in [4.69, 9.17) is 0 Å². The molecule has 1 heteroatoms. The van der Waals surface area contributed by atoms with Gasteiger partial charge in [-0.2, -0.15) is 0 Å². The molecule has 0 spiro atoms. The molecule has 0 radical (unpaired) electrons. The molecule has 1 fully saturated rings. The maximum absolute atomic E-state index is 3.73. The van der Waals surface area contributed by atoms with Crippen LogP contribution < -0.4 is 0 Å². The third-order valence-electron chi connectivity index (χ3n) is 2.95. The molecule has 0 bridgehead atoms. The maximum Gasteiger partial charge on any atom is 0.00906 e. The molecule has 0 aromatic heterocycles. The Balaban J connectivity index is 2.19. The molecule has 0 N–H and O–H groups in total. The first-order chi connectivity index (χ1) is 5.25. The Hall–Kier alpha value is 0.220. The SMILES string of the molecule is C=CCCCC1(CBr)CC1C. The normalized spacial score (nSPS) is 35.3. The van der Waals surface area contributed by atoms with E-state index in [1.807, 2.05) is 6.08 Å². The van der Waals surface area contributed by atoms with Crippen molar-refractivity contribution in [2.45, 2.75) is 32.6 Å². The van der Waals surface area contributed by atoms with E-state index in [1.54, 1.807) is 0 Å². The van der Waals surface area contributed by atoms with Crippen LogP contribution >= 0.6 is 15.9 Å². The van der Waals surface area contributed by atoms with Crippen LogP contribution in [0.25, 0.3) is 0 Å². The fraction of sp³-hybridized carbons (Fsp3) is 0.800. The second kappa shape index (κ2) is 3.75. The van der Waals surface area contributed by atoms with Crippen molar-refractivity contribution < 1.29 is 0 Å². The molecule has 0 aromatic rings. The highest BCUT2D eigenvalue weighted by Gasteiger charge is 2.48. The Morgan fingerprint density at radius 1 is 1.73 bits per heavy atom. The Morgan fingerprint density at radius 2 is 2.36 bits per heavy atom. The number of rotatable bonds is 5. The number of unbranched alkanes of at least 4 members (excludes halogenated alkanes) is 1. The quantitative estimate of drug-likeness (QED) is 0.373. The van der Waals surface area contributed by atoms with Gasteiger partial charge in [0.1, 0.15) is 0 Å². The number of halogens is 1. The Bertz CT molecular complexity index is 138. The molecule has 0 heterocycles. The number of hydrogen-bond acceptors (Lipinski definition) is 0. The first kappa shape index (κ1) is 9.31. The van der Waals surface area contributed by atoms with Crippen LogP contribution in [-0.2, 0) is 0 Å². The van der Waals surface area contributed by atoms with Crippen LogP contribution in [0, 0.1) is 11.3 Å². The summed E-state index contributed by atoms with van der Waals surface area (Å²) in [6.07, 6.45) is 7.33. The van der Waals surface area contributed by atoms with Gasteiger partial charge in [0.2, 0.25) is 0 Å². The highest BCUT2D eigenvalue weighted by Crippen LogP contribution is 2.56. The highest BCUT2D eigenvalue weighted by molar-refractivity contribution is 9.09. The van der Waals surface area contributed by atoms with Crippen LogP contribution in [0.15, 0.2) is 12.7 Å². The third kappa shape index (κ3) is 2.08. The Morgan fingerprint density at radius 3 is 2.73 bits per heavy atom. The van der Waals surface area contributed by atoms with Crippen LogP contribution in [0.2, 0.25) is 0 Å². The molecule has 0 aliphatic heterocycles. The minimum atomic E-state index is 0.670. The summed E-state index contributed by atoms with van der Waals surface area (Å²) in [5.41, 5.74) is 0.670. The van der Waals surface area contributed by atoms with E-state index < -0.39 is 0 Å². The topological polar surface area (TPSA) is 0 Å². The van der Waals surface area contributed by atoms with Crippen LogP contribution in [0.4, 0.5) is 0 Å². The minimum absolute atomic E-state index is 0.670. The maximum atomic E-state index is 3.73. The summed E-state index contributed by atoms with van der Waals surface area (Å²) in [5.74, 6) is 0.951. The number of hydrogen-bond donors (Lipinski definition) is 0. The van der Waals surface area contributed by atoms with Crippen LogP contribution in [0.3, 0.4) is 0 Å². The zero-order valence-corrected chi connectivity index (χ0v) is 8.86. The third-order valence-corrected chi connectivity index (χ3v) is 4.06. The van der Waals surface area contributed by atoms with Crippen molar-refractivity contribution >= 4 is 15.9 Å². The molecule has 2 atom stereocenters. The van der Waals surface area contributed by atoms with Gasteiger partial charge in [-0.25, -0.2) is 0 Å². The molecule has 0 aromatic carbocycles. The average molecular weight is 217 g/mol. The van der Waals surface area contributed by atoms with Crippen LogP contribution in [0.1, 0.15) is 32.6 Å². The van der Waals surface area contributed by atoms with Gasteiger partial charge >= 0.3 is 0 Å². The predicted octanol–water partition coefficient (Wildman–Crippen LogP) is 3.76. The first-order valence-corrected chi connectivity index (χ1v) is 5.54. The van der Waals surface area contributed by atoms with E-state index in [0.29, 0.717) is 5.41 Å². The van der Waals surface area contributed by atoms with E-state index >= 15 is 0 Å². The molecule has 1 aliphatic rings. The predicted molar refractivity (Wildman–Crippen MR) is 54.1 cm³/mol. The molecule has 1 rings (SSSR count). The van der Waals surface area contributed by atoms with Gasteiger partial charge in [-0.1, -0.05) is 28.9 Å². The fourth-order valence-electron chi connectivity index (χ4n) is 1.75. The summed E-state index contributed by atoms with van der Waals surface area (Å²) < 4.78 is 0. The lowest BCUT2D eigenvalue weighted by Crippen LogP contribution is -2.04. The van der Waals surface area contributed by atoms with Crippen molar-refractivity contribution in [2.75, 3.05) is 5.33 Å². The van der Waals surface area contributed by atoms with Crippen molar-refractivity contribution in [1.29, 1.82) is 0 Å². The van der Waals surface area contributed by atoms with E-state index in [9.17, 15) is 0 Å². The minimum Gasteiger partial charge on any atom is -0.103 e. The summed E-state index contributed by atoms with van der Waals surface area (Å²) in [5, 5.41) is 1.19. The lowest BCUT2D eigenvalue weighted by atomic mass is 9.99. The van der Waals surface area contributed by atoms with Crippen molar-refractivity contribution in [3.05, 3.63) is 12.7 Å². The lowest BCUT2D eigenvalue weighted by Gasteiger charge is -2.11. The van der Waals surface area contributed by atoms with Gasteiger partial charge in [0, 0.05) is 5.33 Å². The fourth-order valence-corrected chi connectivity index (χ4v) is 2.81. The molecule has 1 aliphatic carbocycles. The average Bonchev–Trinajstić information content (AvgIpc) is 2.64. The summed E-state index contributed by atoms with van der Waals surface area (Å²) in [7, 11) is 0. The summed E-state index contributed by atoms with van der Waals surface area (Å²) in [4.78, 5) is 0. The Labute approximate surface area is 78.2 Å². The number of allylic oxidation sites excluding steroid dienone is 1. The molecule has 0 nitrogen and oxygen atoms in total. The van der Waals surface area contributed by atoms with Gasteiger partial charge < -0.3 is 0 Å². The molecular formula is C10H17Br. The van der Waals surface area contributed by atoms with Gasteiger partial charge in [-0.3, -0.25) is 0 Å². The summed E-state index contributed by atoms with van der Waals surface area (Å²) in [6, 6.07) is 0. The summed E-state index contributed by atoms with van der Waals surface area (Å²) >= 11 is 3.60. The summed E-state index contributed by atoms with van der Waals surface area (Å²) in [6.45, 7) is 6.09. The largest absolute Gasteiger partial charge is 0.103 e.